The first kappa shape index (κ1) is 16.9. The van der Waals surface area contributed by atoms with Gasteiger partial charge >= 0.3 is 0 Å². The van der Waals surface area contributed by atoms with Crippen molar-refractivity contribution in [2.45, 2.75) is 27.2 Å². The number of nitrogens with one attached hydrogen (secondary N) is 1. The van der Waals surface area contributed by atoms with Gasteiger partial charge in [0, 0.05) is 5.56 Å². The summed E-state index contributed by atoms with van der Waals surface area (Å²) in [5.74, 6) is -0.116. The monoisotopic (exact) mass is 330 g/mol. The molecule has 3 aromatic rings. The van der Waals surface area contributed by atoms with E-state index in [0.29, 0.717) is 6.42 Å². The number of benzene rings is 3. The Hall–Kier alpha value is -2.94. The molecule has 0 aliphatic heterocycles. The SMILES string of the molecule is Cc1cc(C)c(C=NNC(=O)Cc2cccc3ccccc23)c(C)c1. The predicted octanol–water partition coefficient (Wildman–Crippen LogP) is 4.46. The van der Waals surface area contributed by atoms with Gasteiger partial charge in [0.1, 0.15) is 0 Å². The summed E-state index contributed by atoms with van der Waals surface area (Å²) >= 11 is 0. The number of hydrogen-bond donors (Lipinski definition) is 1. The Morgan fingerprint density at radius 2 is 1.68 bits per heavy atom. The first-order valence-electron chi connectivity index (χ1n) is 8.41. The van der Waals surface area contributed by atoms with Gasteiger partial charge in [-0.25, -0.2) is 5.43 Å². The molecule has 0 bridgehead atoms. The highest BCUT2D eigenvalue weighted by Gasteiger charge is 2.06. The van der Waals surface area contributed by atoms with E-state index in [0.717, 1.165) is 33.0 Å². The van der Waals surface area contributed by atoms with E-state index in [1.807, 2.05) is 30.3 Å². The molecule has 0 aromatic heterocycles. The quantitative estimate of drug-likeness (QED) is 0.557. The molecule has 0 aliphatic carbocycles. The maximum Gasteiger partial charge on any atom is 0.244 e. The standard InChI is InChI=1S/C22H22N2O/c1-15-11-16(2)21(17(3)12-15)14-23-24-22(25)13-19-9-6-8-18-7-4-5-10-20(18)19/h4-12,14H,13H2,1-3H3,(H,24,25). The zero-order valence-electron chi connectivity index (χ0n) is 14.8. The van der Waals surface area contributed by atoms with Crippen LogP contribution in [-0.2, 0) is 11.2 Å². The number of carbonyl (C=O) groups is 1. The molecular weight excluding hydrogens is 308 g/mol. The lowest BCUT2D eigenvalue weighted by Crippen LogP contribution is -2.20. The Bertz CT molecular complexity index is 929. The molecule has 3 rings (SSSR count). The normalized spacial score (nSPS) is 11.2. The van der Waals surface area contributed by atoms with Crippen LogP contribution in [0.4, 0.5) is 0 Å². The third kappa shape index (κ3) is 3.94. The van der Waals surface area contributed by atoms with Crippen molar-refractivity contribution in [1.82, 2.24) is 5.43 Å². The van der Waals surface area contributed by atoms with Crippen molar-refractivity contribution in [2.24, 2.45) is 5.10 Å². The van der Waals surface area contributed by atoms with Crippen LogP contribution in [0.2, 0.25) is 0 Å². The van der Waals surface area contributed by atoms with Crippen molar-refractivity contribution < 1.29 is 4.79 Å². The van der Waals surface area contributed by atoms with Gasteiger partial charge in [-0.2, -0.15) is 5.10 Å². The fourth-order valence-corrected chi connectivity index (χ4v) is 3.22. The number of rotatable bonds is 4. The summed E-state index contributed by atoms with van der Waals surface area (Å²) in [6.07, 6.45) is 2.04. The van der Waals surface area contributed by atoms with E-state index >= 15 is 0 Å². The Labute approximate surface area is 148 Å². The molecule has 0 aliphatic rings. The molecule has 1 N–H and O–H groups in total. The van der Waals surface area contributed by atoms with Crippen LogP contribution in [0.15, 0.2) is 59.7 Å². The van der Waals surface area contributed by atoms with E-state index in [4.69, 9.17) is 0 Å². The number of aryl methyl sites for hydroxylation is 3. The molecular formula is C22H22N2O. The number of hydrogen-bond acceptors (Lipinski definition) is 2. The van der Waals surface area contributed by atoms with E-state index in [2.05, 4.69) is 55.6 Å². The average molecular weight is 330 g/mol. The summed E-state index contributed by atoms with van der Waals surface area (Å²) in [7, 11) is 0. The van der Waals surface area contributed by atoms with E-state index in [-0.39, 0.29) is 5.91 Å². The average Bonchev–Trinajstić information content (AvgIpc) is 2.57. The van der Waals surface area contributed by atoms with E-state index < -0.39 is 0 Å². The minimum Gasteiger partial charge on any atom is -0.273 e. The van der Waals surface area contributed by atoms with Crippen LogP contribution in [0.1, 0.15) is 27.8 Å². The molecule has 1 amide bonds. The topological polar surface area (TPSA) is 41.5 Å². The number of hydrazone groups is 1. The summed E-state index contributed by atoms with van der Waals surface area (Å²) in [5, 5.41) is 6.39. The molecule has 3 heteroatoms. The van der Waals surface area contributed by atoms with Crippen LogP contribution in [-0.4, -0.2) is 12.1 Å². The zero-order valence-corrected chi connectivity index (χ0v) is 14.8. The highest BCUT2D eigenvalue weighted by molar-refractivity contribution is 5.91. The van der Waals surface area contributed by atoms with Gasteiger partial charge in [0.25, 0.3) is 0 Å². The van der Waals surface area contributed by atoms with Crippen molar-refractivity contribution >= 4 is 22.9 Å². The number of nitrogens with zero attached hydrogens (tertiary/aromatic N) is 1. The predicted molar refractivity (Wildman–Crippen MR) is 104 cm³/mol. The third-order valence-corrected chi connectivity index (χ3v) is 4.35. The molecule has 0 fully saturated rings. The second-order valence-corrected chi connectivity index (χ2v) is 6.42. The highest BCUT2D eigenvalue weighted by atomic mass is 16.2. The zero-order chi connectivity index (χ0) is 17.8. The Morgan fingerprint density at radius 3 is 2.44 bits per heavy atom. The molecule has 0 saturated carbocycles. The van der Waals surface area contributed by atoms with Crippen molar-refractivity contribution in [2.75, 3.05) is 0 Å². The molecule has 0 radical (unpaired) electrons. The van der Waals surface area contributed by atoms with Crippen LogP contribution in [0, 0.1) is 20.8 Å². The minimum atomic E-state index is -0.116. The van der Waals surface area contributed by atoms with E-state index in [9.17, 15) is 4.79 Å². The van der Waals surface area contributed by atoms with Gasteiger partial charge in [-0.15, -0.1) is 0 Å². The van der Waals surface area contributed by atoms with Crippen LogP contribution in [0.3, 0.4) is 0 Å². The lowest BCUT2D eigenvalue weighted by atomic mass is 10.0. The van der Waals surface area contributed by atoms with Crippen molar-refractivity contribution in [1.29, 1.82) is 0 Å². The molecule has 3 nitrogen and oxygen atoms in total. The fourth-order valence-electron chi connectivity index (χ4n) is 3.22. The van der Waals surface area contributed by atoms with Crippen molar-refractivity contribution in [3.63, 3.8) is 0 Å². The summed E-state index contributed by atoms with van der Waals surface area (Å²) in [6, 6.07) is 18.3. The molecule has 126 valence electrons. The van der Waals surface area contributed by atoms with Crippen molar-refractivity contribution in [3.05, 3.63) is 82.4 Å². The fraction of sp³-hybridized carbons (Fsp3) is 0.182. The van der Waals surface area contributed by atoms with Gasteiger partial charge in [0.15, 0.2) is 0 Å². The maximum absolute atomic E-state index is 12.2. The minimum absolute atomic E-state index is 0.116. The Balaban J connectivity index is 1.71. The van der Waals surface area contributed by atoms with Gasteiger partial charge in [-0.3, -0.25) is 4.79 Å². The molecule has 25 heavy (non-hydrogen) atoms. The van der Waals surface area contributed by atoms with Gasteiger partial charge in [-0.1, -0.05) is 60.2 Å². The van der Waals surface area contributed by atoms with Gasteiger partial charge < -0.3 is 0 Å². The molecule has 0 saturated heterocycles. The third-order valence-electron chi connectivity index (χ3n) is 4.35. The largest absolute Gasteiger partial charge is 0.273 e. The summed E-state index contributed by atoms with van der Waals surface area (Å²) in [6.45, 7) is 6.19. The lowest BCUT2D eigenvalue weighted by molar-refractivity contribution is -0.120. The molecule has 0 heterocycles. The number of carbonyl (C=O) groups excluding carboxylic acids is 1. The first-order valence-corrected chi connectivity index (χ1v) is 8.41. The summed E-state index contributed by atoms with van der Waals surface area (Å²) in [4.78, 5) is 12.2. The van der Waals surface area contributed by atoms with Crippen LogP contribution in [0.25, 0.3) is 10.8 Å². The molecule has 3 aromatic carbocycles. The van der Waals surface area contributed by atoms with E-state index in [1.165, 1.54) is 5.56 Å². The highest BCUT2D eigenvalue weighted by Crippen LogP contribution is 2.19. The number of fused-ring (bicyclic) bond motifs is 1. The summed E-state index contributed by atoms with van der Waals surface area (Å²) < 4.78 is 0. The van der Waals surface area contributed by atoms with E-state index in [1.54, 1.807) is 6.21 Å². The van der Waals surface area contributed by atoms with Gasteiger partial charge in [0.2, 0.25) is 5.91 Å². The smallest absolute Gasteiger partial charge is 0.244 e. The lowest BCUT2D eigenvalue weighted by Gasteiger charge is -2.07. The second kappa shape index (κ2) is 7.31. The van der Waals surface area contributed by atoms with Gasteiger partial charge in [0.05, 0.1) is 12.6 Å². The van der Waals surface area contributed by atoms with Gasteiger partial charge in [-0.05, 0) is 48.2 Å². The molecule has 0 unspecified atom stereocenters. The number of amides is 1. The Kier molecular flexibility index (Phi) is 4.94. The van der Waals surface area contributed by atoms with Crippen LogP contribution >= 0.6 is 0 Å². The maximum atomic E-state index is 12.2. The summed E-state index contributed by atoms with van der Waals surface area (Å²) in [5.41, 5.74) is 8.25. The Morgan fingerprint density at radius 1 is 1.00 bits per heavy atom. The molecule has 0 atom stereocenters. The van der Waals surface area contributed by atoms with Crippen LogP contribution in [0.5, 0.6) is 0 Å². The first-order chi connectivity index (χ1) is 12.0. The second-order valence-electron chi connectivity index (χ2n) is 6.42. The van der Waals surface area contributed by atoms with Crippen molar-refractivity contribution in [3.8, 4) is 0 Å². The van der Waals surface area contributed by atoms with Crippen LogP contribution < -0.4 is 5.43 Å². The molecule has 0 spiro atoms.